The van der Waals surface area contributed by atoms with E-state index < -0.39 is 0 Å². The highest BCUT2D eigenvalue weighted by Gasteiger charge is 2.20. The van der Waals surface area contributed by atoms with Gasteiger partial charge in [0.25, 0.3) is 0 Å². The summed E-state index contributed by atoms with van der Waals surface area (Å²) in [5.74, 6) is 1.78. The summed E-state index contributed by atoms with van der Waals surface area (Å²) in [4.78, 5) is 7.72. The average molecular weight is 426 g/mol. The molecule has 1 aliphatic carbocycles. The van der Waals surface area contributed by atoms with E-state index in [0.717, 1.165) is 37.8 Å². The summed E-state index contributed by atoms with van der Waals surface area (Å²) >= 11 is 0. The van der Waals surface area contributed by atoms with Crippen LogP contribution >= 0.6 is 24.0 Å². The Morgan fingerprint density at radius 3 is 2.78 bits per heavy atom. The van der Waals surface area contributed by atoms with Crippen LogP contribution in [0.2, 0.25) is 0 Å². The smallest absolute Gasteiger partial charge is 0.190 e. The molecule has 0 saturated heterocycles. The molecule has 0 atom stereocenters. The minimum Gasteiger partial charge on any atom is -0.361 e. The number of aliphatic imine (C=N–C) groups is 1. The lowest BCUT2D eigenvalue weighted by atomic mass is 10.1. The van der Waals surface area contributed by atoms with Crippen molar-refractivity contribution in [3.05, 3.63) is 35.5 Å². The molecular weight excluding hydrogens is 399 g/mol. The normalized spacial score (nSPS) is 14.6. The van der Waals surface area contributed by atoms with E-state index in [9.17, 15) is 0 Å². The molecule has 0 unspecified atom stereocenters. The van der Waals surface area contributed by atoms with E-state index in [-0.39, 0.29) is 24.0 Å². The van der Waals surface area contributed by atoms with Crippen LogP contribution in [0.3, 0.4) is 0 Å². The molecule has 1 aromatic heterocycles. The number of fused-ring (bicyclic) bond motifs is 1. The highest BCUT2D eigenvalue weighted by atomic mass is 127. The lowest BCUT2D eigenvalue weighted by Gasteiger charge is -2.11. The highest BCUT2D eigenvalue weighted by Crippen LogP contribution is 2.27. The molecule has 1 heterocycles. The first kappa shape index (κ1) is 18.1. The Kier molecular flexibility index (Phi) is 6.74. The number of aromatic amines is 1. The zero-order valence-corrected chi connectivity index (χ0v) is 16.3. The van der Waals surface area contributed by atoms with Crippen molar-refractivity contribution < 1.29 is 0 Å². The van der Waals surface area contributed by atoms with Crippen molar-refractivity contribution in [1.29, 1.82) is 0 Å². The maximum absolute atomic E-state index is 4.28. The van der Waals surface area contributed by atoms with Crippen molar-refractivity contribution in [2.45, 2.75) is 32.6 Å². The number of guanidine groups is 1. The van der Waals surface area contributed by atoms with Crippen LogP contribution in [0.5, 0.6) is 0 Å². The van der Waals surface area contributed by atoms with Gasteiger partial charge in [0.05, 0.1) is 0 Å². The maximum atomic E-state index is 4.28. The number of rotatable bonds is 6. The van der Waals surface area contributed by atoms with Gasteiger partial charge in [-0.3, -0.25) is 4.99 Å². The topological polar surface area (TPSA) is 52.2 Å². The minimum atomic E-state index is 0. The van der Waals surface area contributed by atoms with Gasteiger partial charge in [-0.1, -0.05) is 25.1 Å². The van der Waals surface area contributed by atoms with Gasteiger partial charge in [-0.2, -0.15) is 0 Å². The summed E-state index contributed by atoms with van der Waals surface area (Å²) in [6.45, 7) is 4.15. The third-order valence-electron chi connectivity index (χ3n) is 4.43. The summed E-state index contributed by atoms with van der Waals surface area (Å²) in [5.41, 5.74) is 4.05. The maximum Gasteiger partial charge on any atom is 0.190 e. The number of nitrogens with zero attached hydrogens (tertiary/aromatic N) is 1. The third-order valence-corrected chi connectivity index (χ3v) is 4.43. The number of H-pyrrole nitrogens is 1. The first-order valence-electron chi connectivity index (χ1n) is 8.34. The van der Waals surface area contributed by atoms with E-state index in [1.165, 1.54) is 34.9 Å². The molecule has 5 heteroatoms. The molecule has 3 rings (SSSR count). The van der Waals surface area contributed by atoms with Gasteiger partial charge < -0.3 is 15.6 Å². The molecule has 126 valence electrons. The van der Waals surface area contributed by atoms with Crippen molar-refractivity contribution in [2.75, 3.05) is 20.1 Å². The number of nitrogens with one attached hydrogen (secondary N) is 3. The predicted octanol–water partition coefficient (Wildman–Crippen LogP) is 3.47. The zero-order chi connectivity index (χ0) is 15.4. The Morgan fingerprint density at radius 1 is 1.26 bits per heavy atom. The first-order valence-corrected chi connectivity index (χ1v) is 8.34. The summed E-state index contributed by atoms with van der Waals surface area (Å²) in [6, 6.07) is 6.56. The number of para-hydroxylation sites is 1. The minimum absolute atomic E-state index is 0. The van der Waals surface area contributed by atoms with Gasteiger partial charge in [0.15, 0.2) is 5.96 Å². The highest BCUT2D eigenvalue weighted by molar-refractivity contribution is 14.0. The van der Waals surface area contributed by atoms with E-state index in [0.29, 0.717) is 0 Å². The van der Waals surface area contributed by atoms with Crippen molar-refractivity contribution in [2.24, 2.45) is 10.9 Å². The molecule has 0 aliphatic heterocycles. The lowest BCUT2D eigenvalue weighted by molar-refractivity contribution is 0.735. The van der Waals surface area contributed by atoms with E-state index >= 15 is 0 Å². The van der Waals surface area contributed by atoms with Gasteiger partial charge in [0.1, 0.15) is 0 Å². The van der Waals surface area contributed by atoms with Crippen LogP contribution in [0.4, 0.5) is 0 Å². The molecule has 1 aliphatic rings. The van der Waals surface area contributed by atoms with Crippen LogP contribution in [0, 0.1) is 5.92 Å². The van der Waals surface area contributed by atoms with Crippen molar-refractivity contribution >= 4 is 40.8 Å². The largest absolute Gasteiger partial charge is 0.361 e. The molecule has 1 fully saturated rings. The molecule has 3 N–H and O–H groups in total. The van der Waals surface area contributed by atoms with Crippen molar-refractivity contribution in [3.63, 3.8) is 0 Å². The molecule has 0 radical (unpaired) electrons. The second kappa shape index (κ2) is 8.57. The Hall–Kier alpha value is -1.24. The lowest BCUT2D eigenvalue weighted by Crippen LogP contribution is -2.39. The number of hydrogen-bond acceptors (Lipinski definition) is 1. The second-order valence-electron chi connectivity index (χ2n) is 6.08. The Balaban J connectivity index is 0.00000192. The van der Waals surface area contributed by atoms with Crippen LogP contribution in [-0.4, -0.2) is 31.1 Å². The Morgan fingerprint density at radius 2 is 2.09 bits per heavy atom. The standard InChI is InChI=1S/C18H26N4.HI/c1-3-14-5-4-6-16-15(12-21-17(14)16)9-10-20-18(19-2)22-11-13-7-8-13;/h4-6,12-13,21H,3,7-11H2,1-2H3,(H2,19,20,22);1H. The number of aryl methyl sites for hydroxylation is 1. The SMILES string of the molecule is CCc1cccc2c(CCNC(=NC)NCC3CC3)c[nH]c12.I. The van der Waals surface area contributed by atoms with Crippen LogP contribution in [0.1, 0.15) is 30.9 Å². The number of hydrogen-bond donors (Lipinski definition) is 3. The van der Waals surface area contributed by atoms with Gasteiger partial charge in [-0.25, -0.2) is 0 Å². The molecule has 23 heavy (non-hydrogen) atoms. The second-order valence-corrected chi connectivity index (χ2v) is 6.08. The Bertz CT molecular complexity index is 658. The van der Waals surface area contributed by atoms with E-state index in [1.807, 2.05) is 7.05 Å². The monoisotopic (exact) mass is 426 g/mol. The van der Waals surface area contributed by atoms with E-state index in [2.05, 4.69) is 51.9 Å². The molecule has 0 spiro atoms. The summed E-state index contributed by atoms with van der Waals surface area (Å²) in [6.07, 6.45) is 6.93. The van der Waals surface area contributed by atoms with Crippen molar-refractivity contribution in [3.8, 4) is 0 Å². The fourth-order valence-electron chi connectivity index (χ4n) is 2.88. The van der Waals surface area contributed by atoms with E-state index in [4.69, 9.17) is 0 Å². The summed E-state index contributed by atoms with van der Waals surface area (Å²) < 4.78 is 0. The quantitative estimate of drug-likeness (QED) is 0.377. The summed E-state index contributed by atoms with van der Waals surface area (Å²) in [7, 11) is 1.83. The molecular formula is C18H27IN4. The van der Waals surface area contributed by atoms with Gasteiger partial charge in [-0.15, -0.1) is 24.0 Å². The Labute approximate surface area is 155 Å². The van der Waals surface area contributed by atoms with Crippen LogP contribution in [0.25, 0.3) is 10.9 Å². The van der Waals surface area contributed by atoms with Gasteiger partial charge >= 0.3 is 0 Å². The fraction of sp³-hybridized carbons (Fsp3) is 0.500. The molecule has 4 nitrogen and oxygen atoms in total. The predicted molar refractivity (Wildman–Crippen MR) is 109 cm³/mol. The molecule has 0 bridgehead atoms. The summed E-state index contributed by atoms with van der Waals surface area (Å²) in [5, 5.41) is 8.16. The molecule has 0 amide bonds. The average Bonchev–Trinajstić information content (AvgIpc) is 3.29. The van der Waals surface area contributed by atoms with Gasteiger partial charge in [0.2, 0.25) is 0 Å². The van der Waals surface area contributed by atoms with E-state index in [1.54, 1.807) is 0 Å². The van der Waals surface area contributed by atoms with Gasteiger partial charge in [0, 0.05) is 37.2 Å². The molecule has 1 saturated carbocycles. The van der Waals surface area contributed by atoms with Crippen LogP contribution < -0.4 is 10.6 Å². The number of halogens is 1. The number of benzene rings is 1. The molecule has 1 aromatic carbocycles. The first-order chi connectivity index (χ1) is 10.8. The van der Waals surface area contributed by atoms with Crippen LogP contribution in [-0.2, 0) is 12.8 Å². The van der Waals surface area contributed by atoms with Gasteiger partial charge in [-0.05, 0) is 42.7 Å². The zero-order valence-electron chi connectivity index (χ0n) is 14.0. The molecule has 2 aromatic rings. The number of aromatic nitrogens is 1. The van der Waals surface area contributed by atoms with Crippen molar-refractivity contribution in [1.82, 2.24) is 15.6 Å². The fourth-order valence-corrected chi connectivity index (χ4v) is 2.88. The van der Waals surface area contributed by atoms with Crippen LogP contribution in [0.15, 0.2) is 29.4 Å². The third kappa shape index (κ3) is 4.62.